The summed E-state index contributed by atoms with van der Waals surface area (Å²) in [6.45, 7) is 2.26. The molecule has 0 bridgehead atoms. The number of quaternary nitrogens is 1. The molecule has 2 rings (SSSR count). The molecule has 1 aromatic rings. The van der Waals surface area contributed by atoms with Crippen LogP contribution < -0.4 is 15.5 Å². The maximum atomic E-state index is 11.8. The minimum absolute atomic E-state index is 0.109. The summed E-state index contributed by atoms with van der Waals surface area (Å²) in [6.07, 6.45) is 2.11. The number of benzene rings is 1. The number of amides is 2. The fraction of sp³-hybridized carbons (Fsp3) is 0.462. The average molecular weight is 313 g/mol. The van der Waals surface area contributed by atoms with E-state index in [0.29, 0.717) is 6.04 Å². The lowest BCUT2D eigenvalue weighted by Gasteiger charge is -2.27. The second-order valence-electron chi connectivity index (χ2n) is 4.84. The molecule has 5 heteroatoms. The highest BCUT2D eigenvalue weighted by atomic mass is 79.9. The predicted molar refractivity (Wildman–Crippen MR) is 75.9 cm³/mol. The largest absolute Gasteiger partial charge is 0.337 e. The fourth-order valence-electron chi connectivity index (χ4n) is 2.14. The van der Waals surface area contributed by atoms with Crippen molar-refractivity contribution >= 4 is 27.6 Å². The molecule has 0 saturated carbocycles. The normalized spacial score (nSPS) is 23.4. The van der Waals surface area contributed by atoms with Crippen molar-refractivity contribution in [2.45, 2.75) is 18.9 Å². The summed E-state index contributed by atoms with van der Waals surface area (Å²) in [4.78, 5) is 13.3. The summed E-state index contributed by atoms with van der Waals surface area (Å²) in [5, 5.41) is 5.88. The van der Waals surface area contributed by atoms with Gasteiger partial charge in [-0.15, -0.1) is 0 Å². The number of carbonyl (C=O) groups is 1. The number of halogens is 1. The second kappa shape index (κ2) is 6.20. The summed E-state index contributed by atoms with van der Waals surface area (Å²) in [7, 11) is 2.19. The molecule has 0 radical (unpaired) electrons. The van der Waals surface area contributed by atoms with Crippen molar-refractivity contribution in [1.82, 2.24) is 5.32 Å². The smallest absolute Gasteiger partial charge is 0.319 e. The Kier molecular flexibility index (Phi) is 4.60. The van der Waals surface area contributed by atoms with Gasteiger partial charge in [0.1, 0.15) is 0 Å². The van der Waals surface area contributed by atoms with Crippen LogP contribution in [0.25, 0.3) is 0 Å². The SMILES string of the molecule is C[NH+]1CCC(NC(=O)Nc2ccc(Br)cc2)CC1. The van der Waals surface area contributed by atoms with Gasteiger partial charge in [-0.1, -0.05) is 15.9 Å². The molecule has 3 N–H and O–H groups in total. The van der Waals surface area contributed by atoms with Crippen molar-refractivity contribution in [3.05, 3.63) is 28.7 Å². The first kappa shape index (κ1) is 13.4. The highest BCUT2D eigenvalue weighted by Gasteiger charge is 2.20. The summed E-state index contributed by atoms with van der Waals surface area (Å²) in [5.74, 6) is 0. The molecular formula is C13H19BrN3O+. The van der Waals surface area contributed by atoms with Crippen LogP contribution in [0.1, 0.15) is 12.8 Å². The van der Waals surface area contributed by atoms with E-state index in [0.717, 1.165) is 36.1 Å². The first-order valence-corrected chi connectivity index (χ1v) is 7.07. The first-order valence-electron chi connectivity index (χ1n) is 6.28. The van der Waals surface area contributed by atoms with Gasteiger partial charge >= 0.3 is 6.03 Å². The molecule has 1 aromatic carbocycles. The van der Waals surface area contributed by atoms with E-state index >= 15 is 0 Å². The predicted octanol–water partition coefficient (Wildman–Crippen LogP) is 1.25. The van der Waals surface area contributed by atoms with Crippen LogP contribution in [0.15, 0.2) is 28.7 Å². The van der Waals surface area contributed by atoms with Crippen molar-refractivity contribution in [3.8, 4) is 0 Å². The van der Waals surface area contributed by atoms with Gasteiger partial charge in [-0.3, -0.25) is 0 Å². The molecule has 4 nitrogen and oxygen atoms in total. The molecule has 0 unspecified atom stereocenters. The molecule has 1 fully saturated rings. The molecule has 1 aliphatic rings. The number of nitrogens with one attached hydrogen (secondary N) is 3. The number of hydrogen-bond acceptors (Lipinski definition) is 1. The van der Waals surface area contributed by atoms with Gasteiger partial charge in [-0.25, -0.2) is 4.79 Å². The van der Waals surface area contributed by atoms with Crippen LogP contribution in [-0.4, -0.2) is 32.2 Å². The third kappa shape index (κ3) is 3.99. The number of hydrogen-bond donors (Lipinski definition) is 3. The van der Waals surface area contributed by atoms with Crippen LogP contribution in [0.5, 0.6) is 0 Å². The van der Waals surface area contributed by atoms with E-state index in [2.05, 4.69) is 33.6 Å². The van der Waals surface area contributed by atoms with E-state index in [1.54, 1.807) is 4.90 Å². The lowest BCUT2D eigenvalue weighted by Crippen LogP contribution is -3.10. The Morgan fingerprint density at radius 2 is 1.89 bits per heavy atom. The molecule has 18 heavy (non-hydrogen) atoms. The van der Waals surface area contributed by atoms with Crippen molar-refractivity contribution < 1.29 is 9.69 Å². The van der Waals surface area contributed by atoms with Gasteiger partial charge in [0, 0.05) is 29.0 Å². The van der Waals surface area contributed by atoms with Gasteiger partial charge in [0.2, 0.25) is 0 Å². The van der Waals surface area contributed by atoms with Crippen LogP contribution in [-0.2, 0) is 0 Å². The van der Waals surface area contributed by atoms with E-state index in [-0.39, 0.29) is 6.03 Å². The molecular weight excluding hydrogens is 294 g/mol. The zero-order valence-electron chi connectivity index (χ0n) is 10.5. The van der Waals surface area contributed by atoms with Crippen molar-refractivity contribution in [2.75, 3.05) is 25.5 Å². The van der Waals surface area contributed by atoms with Crippen molar-refractivity contribution in [2.24, 2.45) is 0 Å². The van der Waals surface area contributed by atoms with E-state index in [1.807, 2.05) is 24.3 Å². The van der Waals surface area contributed by atoms with E-state index in [9.17, 15) is 4.79 Å². The molecule has 98 valence electrons. The fourth-order valence-corrected chi connectivity index (χ4v) is 2.41. The molecule has 0 aliphatic carbocycles. The number of anilines is 1. The number of urea groups is 1. The second-order valence-corrected chi connectivity index (χ2v) is 5.75. The molecule has 0 atom stereocenters. The first-order chi connectivity index (χ1) is 8.63. The maximum absolute atomic E-state index is 11.8. The maximum Gasteiger partial charge on any atom is 0.319 e. The number of piperidine rings is 1. The summed E-state index contributed by atoms with van der Waals surface area (Å²) in [6, 6.07) is 7.78. The van der Waals surface area contributed by atoms with E-state index < -0.39 is 0 Å². The third-order valence-electron chi connectivity index (χ3n) is 3.28. The zero-order valence-corrected chi connectivity index (χ0v) is 12.1. The Morgan fingerprint density at radius 3 is 2.50 bits per heavy atom. The van der Waals surface area contributed by atoms with Crippen LogP contribution in [0.4, 0.5) is 10.5 Å². The van der Waals surface area contributed by atoms with E-state index in [4.69, 9.17) is 0 Å². The Labute approximate surface area is 116 Å². The molecule has 1 saturated heterocycles. The Balaban J connectivity index is 1.80. The quantitative estimate of drug-likeness (QED) is 0.756. The monoisotopic (exact) mass is 312 g/mol. The number of carbonyl (C=O) groups excluding carboxylic acids is 1. The summed E-state index contributed by atoms with van der Waals surface area (Å²) >= 11 is 3.37. The number of rotatable bonds is 2. The molecule has 0 spiro atoms. The van der Waals surface area contributed by atoms with E-state index in [1.165, 1.54) is 0 Å². The highest BCUT2D eigenvalue weighted by molar-refractivity contribution is 9.10. The van der Waals surface area contributed by atoms with Crippen molar-refractivity contribution in [3.63, 3.8) is 0 Å². The topological polar surface area (TPSA) is 45.6 Å². The summed E-state index contributed by atoms with van der Waals surface area (Å²) in [5.41, 5.74) is 0.814. The minimum Gasteiger partial charge on any atom is -0.337 e. The van der Waals surface area contributed by atoms with Gasteiger partial charge in [-0.05, 0) is 24.3 Å². The van der Waals surface area contributed by atoms with Gasteiger partial charge in [-0.2, -0.15) is 0 Å². The Morgan fingerprint density at radius 1 is 1.28 bits per heavy atom. The minimum atomic E-state index is -0.109. The summed E-state index contributed by atoms with van der Waals surface area (Å²) < 4.78 is 1.01. The lowest BCUT2D eigenvalue weighted by atomic mass is 10.1. The van der Waals surface area contributed by atoms with Crippen LogP contribution in [0.2, 0.25) is 0 Å². The lowest BCUT2D eigenvalue weighted by molar-refractivity contribution is -0.884. The average Bonchev–Trinajstić information content (AvgIpc) is 2.35. The molecule has 2 amide bonds. The number of likely N-dealkylation sites (tertiary alicyclic amines) is 1. The third-order valence-corrected chi connectivity index (χ3v) is 3.81. The van der Waals surface area contributed by atoms with Crippen LogP contribution in [0.3, 0.4) is 0 Å². The van der Waals surface area contributed by atoms with Gasteiger partial charge in [0.25, 0.3) is 0 Å². The van der Waals surface area contributed by atoms with Gasteiger partial charge in [0.05, 0.1) is 20.1 Å². The molecule has 0 aromatic heterocycles. The standard InChI is InChI=1S/C13H18BrN3O/c1-17-8-6-12(7-9-17)16-13(18)15-11-4-2-10(14)3-5-11/h2-5,12H,6-9H2,1H3,(H2,15,16,18)/p+1. The molecule has 1 heterocycles. The highest BCUT2D eigenvalue weighted by Crippen LogP contribution is 2.14. The zero-order chi connectivity index (χ0) is 13.0. The van der Waals surface area contributed by atoms with Crippen molar-refractivity contribution in [1.29, 1.82) is 0 Å². The van der Waals surface area contributed by atoms with Gasteiger partial charge < -0.3 is 15.5 Å². The molecule has 1 aliphatic heterocycles. The van der Waals surface area contributed by atoms with Crippen LogP contribution >= 0.6 is 15.9 Å². The van der Waals surface area contributed by atoms with Gasteiger partial charge in [0.15, 0.2) is 0 Å². The Bertz CT molecular complexity index is 399. The Hall–Kier alpha value is -1.07. The van der Waals surface area contributed by atoms with Crippen LogP contribution in [0, 0.1) is 0 Å².